The van der Waals surface area contributed by atoms with Gasteiger partial charge in [-0.25, -0.2) is 4.68 Å². The molecule has 1 aliphatic rings. The molecule has 1 fully saturated rings. The van der Waals surface area contributed by atoms with Crippen molar-refractivity contribution in [3.05, 3.63) is 56.6 Å². The fourth-order valence-corrected chi connectivity index (χ4v) is 3.01. The first-order valence-electron chi connectivity index (χ1n) is 8.55. The highest BCUT2D eigenvalue weighted by Gasteiger charge is 2.28. The number of hydrogen-bond donors (Lipinski definition) is 0. The molecule has 1 saturated heterocycles. The van der Waals surface area contributed by atoms with E-state index < -0.39 is 0 Å². The van der Waals surface area contributed by atoms with Gasteiger partial charge in [-0.05, 0) is 6.07 Å². The van der Waals surface area contributed by atoms with E-state index in [1.165, 1.54) is 6.20 Å². The van der Waals surface area contributed by atoms with E-state index in [0.717, 1.165) is 31.0 Å². The van der Waals surface area contributed by atoms with Crippen LogP contribution in [0.2, 0.25) is 0 Å². The van der Waals surface area contributed by atoms with Crippen molar-refractivity contribution in [2.45, 2.75) is 39.3 Å². The van der Waals surface area contributed by atoms with Gasteiger partial charge < -0.3 is 4.57 Å². The molecule has 1 aliphatic heterocycles. The summed E-state index contributed by atoms with van der Waals surface area (Å²) in [7, 11) is 1.73. The molecule has 0 aliphatic carbocycles. The Bertz CT molecular complexity index is 872. The van der Waals surface area contributed by atoms with Gasteiger partial charge in [-0.15, -0.1) is 0 Å². The van der Waals surface area contributed by atoms with Crippen LogP contribution in [-0.2, 0) is 25.6 Å². The van der Waals surface area contributed by atoms with Crippen molar-refractivity contribution in [2.24, 2.45) is 13.0 Å². The summed E-state index contributed by atoms with van der Waals surface area (Å²) in [5.41, 5.74) is 1.58. The molecule has 7 heteroatoms. The van der Waals surface area contributed by atoms with Crippen molar-refractivity contribution in [2.75, 3.05) is 13.1 Å². The third-order valence-corrected chi connectivity index (χ3v) is 4.52. The highest BCUT2D eigenvalue weighted by Crippen LogP contribution is 2.20. The minimum absolute atomic E-state index is 0.0498. The standard InChI is InChI=1S/C18H25N5O2/c1-18(2,3)15-5-6-16(24)23(20-15)10-13-8-22(9-13)12-14-11-21(4)17(25)7-19-14/h5-7,11,13H,8-10,12H2,1-4H3. The molecule has 0 bridgehead atoms. The number of rotatable bonds is 4. The molecular formula is C18H25N5O2. The molecule has 0 spiro atoms. The average molecular weight is 343 g/mol. The Labute approximate surface area is 146 Å². The average Bonchev–Trinajstić information content (AvgIpc) is 2.49. The van der Waals surface area contributed by atoms with Crippen LogP contribution in [0.5, 0.6) is 0 Å². The van der Waals surface area contributed by atoms with Crippen LogP contribution in [-0.4, -0.2) is 37.3 Å². The quantitative estimate of drug-likeness (QED) is 0.820. The van der Waals surface area contributed by atoms with Crippen molar-refractivity contribution < 1.29 is 0 Å². The lowest BCUT2D eigenvalue weighted by molar-refractivity contribution is 0.0748. The fourth-order valence-electron chi connectivity index (χ4n) is 3.01. The highest BCUT2D eigenvalue weighted by atomic mass is 16.1. The lowest BCUT2D eigenvalue weighted by Gasteiger charge is -2.39. The van der Waals surface area contributed by atoms with Crippen LogP contribution in [0.25, 0.3) is 0 Å². The van der Waals surface area contributed by atoms with Gasteiger partial charge in [-0.3, -0.25) is 19.5 Å². The van der Waals surface area contributed by atoms with E-state index in [2.05, 4.69) is 35.8 Å². The summed E-state index contributed by atoms with van der Waals surface area (Å²) in [6, 6.07) is 3.43. The molecule has 3 rings (SSSR count). The zero-order chi connectivity index (χ0) is 18.2. The molecule has 0 saturated carbocycles. The van der Waals surface area contributed by atoms with Crippen molar-refractivity contribution in [3.63, 3.8) is 0 Å². The van der Waals surface area contributed by atoms with Crippen LogP contribution in [0.3, 0.4) is 0 Å². The first-order valence-corrected chi connectivity index (χ1v) is 8.55. The second-order valence-corrected chi connectivity index (χ2v) is 7.88. The maximum Gasteiger partial charge on any atom is 0.268 e. The molecule has 0 radical (unpaired) electrons. The maximum absolute atomic E-state index is 12.1. The van der Waals surface area contributed by atoms with E-state index in [9.17, 15) is 9.59 Å². The van der Waals surface area contributed by atoms with Crippen molar-refractivity contribution >= 4 is 0 Å². The predicted octanol–water partition coefficient (Wildman–Crippen LogP) is 0.766. The van der Waals surface area contributed by atoms with Crippen LogP contribution in [0.4, 0.5) is 0 Å². The van der Waals surface area contributed by atoms with Gasteiger partial charge in [0.2, 0.25) is 0 Å². The first kappa shape index (κ1) is 17.5. The highest BCUT2D eigenvalue weighted by molar-refractivity contribution is 5.10. The molecule has 0 amide bonds. The van der Waals surface area contributed by atoms with Crippen molar-refractivity contribution in [3.8, 4) is 0 Å². The largest absolute Gasteiger partial charge is 0.315 e. The number of aryl methyl sites for hydroxylation is 1. The Balaban J connectivity index is 1.59. The Hall–Kier alpha value is -2.28. The van der Waals surface area contributed by atoms with Gasteiger partial charge in [-0.2, -0.15) is 5.10 Å². The minimum atomic E-state index is -0.102. The monoisotopic (exact) mass is 343 g/mol. The number of likely N-dealkylation sites (tertiary alicyclic amines) is 1. The van der Waals surface area contributed by atoms with Crippen LogP contribution in [0.1, 0.15) is 32.2 Å². The minimum Gasteiger partial charge on any atom is -0.315 e. The summed E-state index contributed by atoms with van der Waals surface area (Å²) in [5, 5.41) is 4.53. The second-order valence-electron chi connectivity index (χ2n) is 7.88. The van der Waals surface area contributed by atoms with Gasteiger partial charge in [0.1, 0.15) is 0 Å². The van der Waals surface area contributed by atoms with Crippen LogP contribution >= 0.6 is 0 Å². The van der Waals surface area contributed by atoms with E-state index >= 15 is 0 Å². The fraction of sp³-hybridized carbons (Fsp3) is 0.556. The molecule has 0 atom stereocenters. The predicted molar refractivity (Wildman–Crippen MR) is 95.4 cm³/mol. The van der Waals surface area contributed by atoms with Crippen LogP contribution < -0.4 is 11.1 Å². The summed E-state index contributed by atoms with van der Waals surface area (Å²) in [5.74, 6) is 0.410. The maximum atomic E-state index is 12.1. The van der Waals surface area contributed by atoms with E-state index in [-0.39, 0.29) is 16.5 Å². The Kier molecular flexibility index (Phi) is 4.60. The van der Waals surface area contributed by atoms with Gasteiger partial charge in [0.15, 0.2) is 0 Å². The summed E-state index contributed by atoms with van der Waals surface area (Å²) in [6.45, 7) is 9.44. The molecule has 3 heterocycles. The third-order valence-electron chi connectivity index (χ3n) is 4.52. The molecule has 134 valence electrons. The smallest absolute Gasteiger partial charge is 0.268 e. The summed E-state index contributed by atoms with van der Waals surface area (Å²) >= 11 is 0. The van der Waals surface area contributed by atoms with Gasteiger partial charge in [-0.1, -0.05) is 20.8 Å². The van der Waals surface area contributed by atoms with E-state index in [4.69, 9.17) is 0 Å². The molecule has 2 aromatic heterocycles. The van der Waals surface area contributed by atoms with Crippen molar-refractivity contribution in [1.29, 1.82) is 0 Å². The molecule has 2 aromatic rings. The van der Waals surface area contributed by atoms with Gasteiger partial charge in [0.25, 0.3) is 11.1 Å². The molecule has 0 aromatic carbocycles. The molecular weight excluding hydrogens is 318 g/mol. The molecule has 0 unspecified atom stereocenters. The SMILES string of the molecule is Cn1cc(CN2CC(Cn3nc(C(C)(C)C)ccc3=O)C2)ncc1=O. The van der Waals surface area contributed by atoms with E-state index in [0.29, 0.717) is 12.5 Å². The lowest BCUT2D eigenvalue weighted by atomic mass is 9.92. The van der Waals surface area contributed by atoms with Gasteiger partial charge >= 0.3 is 0 Å². The Morgan fingerprint density at radius 2 is 1.88 bits per heavy atom. The third kappa shape index (κ3) is 4.04. The number of hydrogen-bond acceptors (Lipinski definition) is 5. The van der Waals surface area contributed by atoms with Crippen molar-refractivity contribution in [1.82, 2.24) is 24.2 Å². The normalized spacial score (nSPS) is 16.0. The second kappa shape index (κ2) is 6.55. The summed E-state index contributed by atoms with van der Waals surface area (Å²) in [6.07, 6.45) is 3.13. The Morgan fingerprint density at radius 3 is 2.52 bits per heavy atom. The number of aromatic nitrogens is 4. The lowest BCUT2D eigenvalue weighted by Crippen LogP contribution is -2.49. The zero-order valence-electron chi connectivity index (χ0n) is 15.3. The van der Waals surface area contributed by atoms with E-state index in [1.54, 1.807) is 28.6 Å². The first-order chi connectivity index (χ1) is 11.7. The Morgan fingerprint density at radius 1 is 1.16 bits per heavy atom. The summed E-state index contributed by atoms with van der Waals surface area (Å²) < 4.78 is 3.13. The van der Waals surface area contributed by atoms with Gasteiger partial charge in [0, 0.05) is 50.3 Å². The number of nitrogens with zero attached hydrogens (tertiary/aromatic N) is 5. The van der Waals surface area contributed by atoms with Crippen LogP contribution in [0, 0.1) is 5.92 Å². The topological polar surface area (TPSA) is 73.0 Å². The zero-order valence-corrected chi connectivity index (χ0v) is 15.3. The molecule has 25 heavy (non-hydrogen) atoms. The molecule has 0 N–H and O–H groups in total. The van der Waals surface area contributed by atoms with E-state index in [1.807, 2.05) is 6.07 Å². The summed E-state index contributed by atoms with van der Waals surface area (Å²) in [4.78, 5) is 29.9. The molecule has 7 nitrogen and oxygen atoms in total. The van der Waals surface area contributed by atoms with Crippen LogP contribution in [0.15, 0.2) is 34.1 Å². The van der Waals surface area contributed by atoms with Gasteiger partial charge in [0.05, 0.1) is 24.1 Å².